The van der Waals surface area contributed by atoms with Crippen molar-refractivity contribution in [1.82, 2.24) is 10.2 Å². The van der Waals surface area contributed by atoms with Crippen molar-refractivity contribution in [2.45, 2.75) is 37.6 Å². The predicted molar refractivity (Wildman–Crippen MR) is 78.2 cm³/mol. The molecule has 3 atom stereocenters. The number of carbonyl (C=O) groups excluding carboxylic acids is 1. The van der Waals surface area contributed by atoms with Crippen molar-refractivity contribution in [3.8, 4) is 0 Å². The van der Waals surface area contributed by atoms with Crippen molar-refractivity contribution >= 4 is 27.5 Å². The molecule has 0 aromatic carbocycles. The molecule has 0 radical (unpaired) electrons. The molecule has 2 aliphatic heterocycles. The number of sulfone groups is 1. The lowest BCUT2D eigenvalue weighted by Gasteiger charge is -2.38. The quantitative estimate of drug-likeness (QED) is 0.802. The molecule has 2 saturated heterocycles. The van der Waals surface area contributed by atoms with Crippen molar-refractivity contribution in [2.75, 3.05) is 30.3 Å². The van der Waals surface area contributed by atoms with Gasteiger partial charge in [-0.1, -0.05) is 0 Å². The zero-order valence-corrected chi connectivity index (χ0v) is 13.1. The number of nitrogens with zero attached hydrogens (tertiary/aromatic N) is 1. The van der Waals surface area contributed by atoms with Gasteiger partial charge in [-0.15, -0.1) is 11.8 Å². The molecule has 110 valence electrons. The summed E-state index contributed by atoms with van der Waals surface area (Å²) in [6, 6.07) is 0.517. The van der Waals surface area contributed by atoms with Crippen LogP contribution in [-0.4, -0.2) is 66.9 Å². The summed E-state index contributed by atoms with van der Waals surface area (Å²) in [5.74, 6) is 1.05. The topological polar surface area (TPSA) is 66.5 Å². The van der Waals surface area contributed by atoms with E-state index >= 15 is 0 Å². The second kappa shape index (κ2) is 6.01. The second-order valence-electron chi connectivity index (χ2n) is 5.41. The SMILES string of the molecule is CC1NCCN(C(=O)CSC2CCS(=O)(=O)C2)C1C. The Hall–Kier alpha value is -0.270. The lowest BCUT2D eigenvalue weighted by atomic mass is 10.1. The summed E-state index contributed by atoms with van der Waals surface area (Å²) in [7, 11) is -2.84. The van der Waals surface area contributed by atoms with Crippen molar-refractivity contribution in [3.63, 3.8) is 0 Å². The minimum absolute atomic E-state index is 0.101. The Labute approximate surface area is 119 Å². The molecule has 5 nitrogen and oxygen atoms in total. The molecule has 2 rings (SSSR count). The minimum atomic E-state index is -2.84. The van der Waals surface area contributed by atoms with E-state index in [1.54, 1.807) is 0 Å². The van der Waals surface area contributed by atoms with Crippen LogP contribution in [0.15, 0.2) is 0 Å². The van der Waals surface area contributed by atoms with Crippen LogP contribution in [-0.2, 0) is 14.6 Å². The summed E-state index contributed by atoms with van der Waals surface area (Å²) in [5, 5.41) is 3.45. The van der Waals surface area contributed by atoms with E-state index in [9.17, 15) is 13.2 Å². The van der Waals surface area contributed by atoms with E-state index in [0.717, 1.165) is 13.1 Å². The van der Waals surface area contributed by atoms with Gasteiger partial charge in [0.1, 0.15) is 0 Å². The summed E-state index contributed by atoms with van der Waals surface area (Å²) in [6.07, 6.45) is 0.688. The van der Waals surface area contributed by atoms with E-state index in [1.807, 2.05) is 4.90 Å². The number of hydrogen-bond acceptors (Lipinski definition) is 5. The summed E-state index contributed by atoms with van der Waals surface area (Å²) in [4.78, 5) is 14.1. The monoisotopic (exact) mass is 306 g/mol. The van der Waals surface area contributed by atoms with Gasteiger partial charge in [0.15, 0.2) is 9.84 Å². The Morgan fingerprint density at radius 3 is 2.79 bits per heavy atom. The number of carbonyl (C=O) groups is 1. The molecule has 19 heavy (non-hydrogen) atoms. The van der Waals surface area contributed by atoms with Gasteiger partial charge in [-0.25, -0.2) is 8.42 Å². The molecule has 0 bridgehead atoms. The largest absolute Gasteiger partial charge is 0.336 e. The van der Waals surface area contributed by atoms with Crippen molar-refractivity contribution in [2.24, 2.45) is 0 Å². The third-order valence-electron chi connectivity index (χ3n) is 3.99. The maximum Gasteiger partial charge on any atom is 0.232 e. The number of amides is 1. The lowest BCUT2D eigenvalue weighted by Crippen LogP contribution is -2.57. The average molecular weight is 306 g/mol. The summed E-state index contributed by atoms with van der Waals surface area (Å²) in [5.41, 5.74) is 0. The van der Waals surface area contributed by atoms with Crippen molar-refractivity contribution in [1.29, 1.82) is 0 Å². The summed E-state index contributed by atoms with van der Waals surface area (Å²) in [6.45, 7) is 5.72. The molecule has 1 N–H and O–H groups in total. The van der Waals surface area contributed by atoms with Gasteiger partial charge < -0.3 is 10.2 Å². The minimum Gasteiger partial charge on any atom is -0.336 e. The average Bonchev–Trinajstić information content (AvgIpc) is 2.69. The number of rotatable bonds is 3. The molecule has 0 aromatic heterocycles. The van der Waals surface area contributed by atoms with Gasteiger partial charge in [0.25, 0.3) is 0 Å². The molecule has 2 heterocycles. The molecule has 0 aromatic rings. The number of hydrogen-bond donors (Lipinski definition) is 1. The molecular weight excluding hydrogens is 284 g/mol. The zero-order chi connectivity index (χ0) is 14.0. The Morgan fingerprint density at radius 1 is 1.42 bits per heavy atom. The zero-order valence-electron chi connectivity index (χ0n) is 11.5. The molecular formula is C12H22N2O3S2. The maximum atomic E-state index is 12.2. The molecule has 2 aliphatic rings. The predicted octanol–water partition coefficient (Wildman–Crippen LogP) is 0.116. The highest BCUT2D eigenvalue weighted by molar-refractivity contribution is 8.02. The Morgan fingerprint density at radius 2 is 2.16 bits per heavy atom. The van der Waals surface area contributed by atoms with Crippen LogP contribution in [0.4, 0.5) is 0 Å². The van der Waals surface area contributed by atoms with Crippen molar-refractivity contribution in [3.05, 3.63) is 0 Å². The first-order valence-electron chi connectivity index (χ1n) is 6.74. The Balaban J connectivity index is 1.81. The van der Waals surface area contributed by atoms with Gasteiger partial charge in [-0.05, 0) is 20.3 Å². The fraction of sp³-hybridized carbons (Fsp3) is 0.917. The highest BCUT2D eigenvalue weighted by Gasteiger charge is 2.31. The highest BCUT2D eigenvalue weighted by Crippen LogP contribution is 2.25. The van der Waals surface area contributed by atoms with Gasteiger partial charge in [0.05, 0.1) is 17.3 Å². The van der Waals surface area contributed by atoms with Crippen LogP contribution in [0.25, 0.3) is 0 Å². The van der Waals surface area contributed by atoms with Gasteiger partial charge >= 0.3 is 0 Å². The Kier molecular flexibility index (Phi) is 4.79. The standard InChI is InChI=1S/C12H22N2O3S2/c1-9-10(2)14(5-4-13-9)12(15)7-18-11-3-6-19(16,17)8-11/h9-11,13H,3-8H2,1-2H3. The van der Waals surface area contributed by atoms with Crippen LogP contribution in [0, 0.1) is 0 Å². The lowest BCUT2D eigenvalue weighted by molar-refractivity contribution is -0.131. The van der Waals surface area contributed by atoms with Gasteiger partial charge in [0.2, 0.25) is 5.91 Å². The number of thioether (sulfide) groups is 1. The smallest absolute Gasteiger partial charge is 0.232 e. The van der Waals surface area contributed by atoms with Crippen LogP contribution >= 0.6 is 11.8 Å². The maximum absolute atomic E-state index is 12.2. The fourth-order valence-corrected chi connectivity index (χ4v) is 6.10. The first-order chi connectivity index (χ1) is 8.89. The van der Waals surface area contributed by atoms with E-state index in [0.29, 0.717) is 18.2 Å². The normalized spacial score (nSPS) is 34.4. The van der Waals surface area contributed by atoms with Crippen LogP contribution in [0.3, 0.4) is 0 Å². The van der Waals surface area contributed by atoms with Crippen molar-refractivity contribution < 1.29 is 13.2 Å². The van der Waals surface area contributed by atoms with E-state index in [1.165, 1.54) is 11.8 Å². The molecule has 1 amide bonds. The van der Waals surface area contributed by atoms with Crippen LogP contribution in [0.2, 0.25) is 0 Å². The van der Waals surface area contributed by atoms with Crippen LogP contribution in [0.5, 0.6) is 0 Å². The van der Waals surface area contributed by atoms with E-state index in [-0.39, 0.29) is 28.7 Å². The van der Waals surface area contributed by atoms with E-state index in [4.69, 9.17) is 0 Å². The molecule has 0 spiro atoms. The second-order valence-corrected chi connectivity index (χ2v) is 8.92. The van der Waals surface area contributed by atoms with Crippen LogP contribution < -0.4 is 5.32 Å². The molecule has 0 aliphatic carbocycles. The fourth-order valence-electron chi connectivity index (χ4n) is 2.57. The van der Waals surface area contributed by atoms with Crippen LogP contribution in [0.1, 0.15) is 20.3 Å². The third kappa shape index (κ3) is 3.86. The van der Waals surface area contributed by atoms with Gasteiger partial charge in [0, 0.05) is 30.4 Å². The molecule has 3 unspecified atom stereocenters. The molecule has 7 heteroatoms. The third-order valence-corrected chi connectivity index (χ3v) is 7.25. The highest BCUT2D eigenvalue weighted by atomic mass is 32.2. The van der Waals surface area contributed by atoms with Gasteiger partial charge in [-0.3, -0.25) is 4.79 Å². The number of piperazine rings is 1. The van der Waals surface area contributed by atoms with Gasteiger partial charge in [-0.2, -0.15) is 0 Å². The number of nitrogens with one attached hydrogen (secondary N) is 1. The Bertz CT molecular complexity index is 438. The summed E-state index contributed by atoms with van der Waals surface area (Å²) >= 11 is 1.50. The molecule has 0 saturated carbocycles. The first kappa shape index (κ1) is 15.1. The summed E-state index contributed by atoms with van der Waals surface area (Å²) < 4.78 is 22.7. The molecule has 2 fully saturated rings. The van der Waals surface area contributed by atoms with E-state index < -0.39 is 9.84 Å². The van der Waals surface area contributed by atoms with E-state index in [2.05, 4.69) is 19.2 Å². The first-order valence-corrected chi connectivity index (χ1v) is 9.61.